The van der Waals surface area contributed by atoms with Crippen LogP contribution in [0.15, 0.2) is 0 Å². The van der Waals surface area contributed by atoms with E-state index >= 15 is 0 Å². The summed E-state index contributed by atoms with van der Waals surface area (Å²) in [6, 6.07) is 0. The van der Waals surface area contributed by atoms with Gasteiger partial charge in [-0.15, -0.1) is 0 Å². The zero-order chi connectivity index (χ0) is 11.4. The van der Waals surface area contributed by atoms with Gasteiger partial charge in [-0.25, -0.2) is 8.42 Å². The van der Waals surface area contributed by atoms with Gasteiger partial charge in [-0.1, -0.05) is 6.92 Å². The van der Waals surface area contributed by atoms with Crippen LogP contribution >= 0.6 is 0 Å². The molecule has 0 saturated carbocycles. The predicted octanol–water partition coefficient (Wildman–Crippen LogP) is -0.139. The number of aliphatic carboxylic acids is 1. The molecule has 0 amide bonds. The van der Waals surface area contributed by atoms with Crippen LogP contribution in [0, 0.1) is 5.41 Å². The number of sulfone groups is 1. The van der Waals surface area contributed by atoms with E-state index in [1.165, 1.54) is 0 Å². The highest BCUT2D eigenvalue weighted by Crippen LogP contribution is 2.25. The van der Waals surface area contributed by atoms with Gasteiger partial charge in [0, 0.05) is 12.8 Å². The highest BCUT2D eigenvalue weighted by atomic mass is 32.2. The molecule has 5 nitrogen and oxygen atoms in total. The van der Waals surface area contributed by atoms with Crippen molar-refractivity contribution in [2.45, 2.75) is 19.8 Å². The molecule has 6 heteroatoms. The standard InChI is InChI=1S/C8H17NO4S/c1-3-8(6-9,7(10)11)4-5-14(2,12)13/h3-6,9H2,1-2H3,(H,10,11). The van der Waals surface area contributed by atoms with Crippen LogP contribution in [-0.4, -0.2) is 38.0 Å². The van der Waals surface area contributed by atoms with E-state index in [-0.39, 0.29) is 18.7 Å². The average molecular weight is 223 g/mol. The summed E-state index contributed by atoms with van der Waals surface area (Å²) in [6.07, 6.45) is 1.51. The molecule has 0 fully saturated rings. The molecule has 3 N–H and O–H groups in total. The highest BCUT2D eigenvalue weighted by Gasteiger charge is 2.35. The first kappa shape index (κ1) is 13.4. The second kappa shape index (κ2) is 4.75. The molecule has 0 spiro atoms. The van der Waals surface area contributed by atoms with Gasteiger partial charge in [-0.3, -0.25) is 4.79 Å². The largest absolute Gasteiger partial charge is 0.481 e. The molecule has 14 heavy (non-hydrogen) atoms. The molecule has 0 radical (unpaired) electrons. The quantitative estimate of drug-likeness (QED) is 0.653. The van der Waals surface area contributed by atoms with E-state index in [9.17, 15) is 13.2 Å². The monoisotopic (exact) mass is 223 g/mol. The Bertz CT molecular complexity index is 292. The minimum atomic E-state index is -3.13. The van der Waals surface area contributed by atoms with Gasteiger partial charge in [0.25, 0.3) is 0 Å². The summed E-state index contributed by atoms with van der Waals surface area (Å²) >= 11 is 0. The highest BCUT2D eigenvalue weighted by molar-refractivity contribution is 7.90. The minimum absolute atomic E-state index is 0.0334. The van der Waals surface area contributed by atoms with Crippen LogP contribution in [0.4, 0.5) is 0 Å². The van der Waals surface area contributed by atoms with Crippen molar-refractivity contribution in [3.05, 3.63) is 0 Å². The Labute approximate surface area is 84.2 Å². The number of rotatable bonds is 6. The summed E-state index contributed by atoms with van der Waals surface area (Å²) < 4.78 is 21.8. The Morgan fingerprint density at radius 2 is 2.00 bits per heavy atom. The van der Waals surface area contributed by atoms with Gasteiger partial charge < -0.3 is 10.8 Å². The molecule has 0 aromatic carbocycles. The first-order chi connectivity index (χ1) is 6.27. The van der Waals surface area contributed by atoms with Crippen LogP contribution in [-0.2, 0) is 14.6 Å². The van der Waals surface area contributed by atoms with Gasteiger partial charge in [-0.05, 0) is 12.8 Å². The molecule has 0 saturated heterocycles. The summed E-state index contributed by atoms with van der Waals surface area (Å²) in [7, 11) is -3.13. The lowest BCUT2D eigenvalue weighted by molar-refractivity contribution is -0.148. The summed E-state index contributed by atoms with van der Waals surface area (Å²) in [4.78, 5) is 10.9. The topological polar surface area (TPSA) is 97.5 Å². The van der Waals surface area contributed by atoms with Crippen LogP contribution in [0.3, 0.4) is 0 Å². The lowest BCUT2D eigenvalue weighted by Gasteiger charge is -2.25. The summed E-state index contributed by atoms with van der Waals surface area (Å²) in [5.74, 6) is -1.16. The van der Waals surface area contributed by atoms with E-state index in [0.717, 1.165) is 6.26 Å². The normalized spacial score (nSPS) is 16.2. The maximum Gasteiger partial charge on any atom is 0.310 e. The number of carbonyl (C=O) groups is 1. The molecule has 1 unspecified atom stereocenters. The van der Waals surface area contributed by atoms with Crippen molar-refractivity contribution in [2.75, 3.05) is 18.6 Å². The number of nitrogens with two attached hydrogens (primary N) is 1. The fourth-order valence-corrected chi connectivity index (χ4v) is 1.91. The lowest BCUT2D eigenvalue weighted by Crippen LogP contribution is -2.39. The Morgan fingerprint density at radius 1 is 1.50 bits per heavy atom. The van der Waals surface area contributed by atoms with Crippen molar-refractivity contribution in [3.8, 4) is 0 Å². The molecule has 0 aliphatic carbocycles. The average Bonchev–Trinajstić information content (AvgIpc) is 2.04. The van der Waals surface area contributed by atoms with E-state index in [2.05, 4.69) is 0 Å². The zero-order valence-electron chi connectivity index (χ0n) is 8.49. The third-order valence-corrected chi connectivity index (χ3v) is 3.42. The van der Waals surface area contributed by atoms with E-state index in [0.29, 0.717) is 6.42 Å². The maximum atomic E-state index is 10.9. The molecule has 0 rings (SSSR count). The third-order valence-electron chi connectivity index (χ3n) is 2.47. The molecule has 0 heterocycles. The molecule has 0 bridgehead atoms. The van der Waals surface area contributed by atoms with Gasteiger partial charge in [0.1, 0.15) is 9.84 Å². The van der Waals surface area contributed by atoms with Gasteiger partial charge in [0.2, 0.25) is 0 Å². The second-order valence-electron chi connectivity index (χ2n) is 3.52. The molecular weight excluding hydrogens is 206 g/mol. The van der Waals surface area contributed by atoms with Crippen molar-refractivity contribution >= 4 is 15.8 Å². The van der Waals surface area contributed by atoms with Gasteiger partial charge in [0.05, 0.1) is 11.2 Å². The van der Waals surface area contributed by atoms with Crippen LogP contribution < -0.4 is 5.73 Å². The number of hydrogen-bond donors (Lipinski definition) is 2. The van der Waals surface area contributed by atoms with Crippen LogP contribution in [0.25, 0.3) is 0 Å². The molecule has 0 aromatic rings. The Balaban J connectivity index is 4.61. The van der Waals surface area contributed by atoms with Crippen LogP contribution in [0.1, 0.15) is 19.8 Å². The van der Waals surface area contributed by atoms with Crippen LogP contribution in [0.2, 0.25) is 0 Å². The fourth-order valence-electron chi connectivity index (χ4n) is 1.15. The summed E-state index contributed by atoms with van der Waals surface area (Å²) in [6.45, 7) is 1.66. The van der Waals surface area contributed by atoms with Crippen LogP contribution in [0.5, 0.6) is 0 Å². The smallest absolute Gasteiger partial charge is 0.310 e. The fraction of sp³-hybridized carbons (Fsp3) is 0.875. The first-order valence-electron chi connectivity index (χ1n) is 4.38. The van der Waals surface area contributed by atoms with Gasteiger partial charge in [0.15, 0.2) is 0 Å². The maximum absolute atomic E-state index is 10.9. The second-order valence-corrected chi connectivity index (χ2v) is 5.78. The molecule has 0 aliphatic heterocycles. The number of hydrogen-bond acceptors (Lipinski definition) is 4. The Kier molecular flexibility index (Phi) is 4.54. The first-order valence-corrected chi connectivity index (χ1v) is 6.44. The van der Waals surface area contributed by atoms with Gasteiger partial charge in [-0.2, -0.15) is 0 Å². The summed E-state index contributed by atoms with van der Waals surface area (Å²) in [5, 5.41) is 8.95. The molecule has 84 valence electrons. The van der Waals surface area contributed by atoms with Crippen molar-refractivity contribution in [1.82, 2.24) is 0 Å². The van der Waals surface area contributed by atoms with Crippen molar-refractivity contribution in [1.29, 1.82) is 0 Å². The van der Waals surface area contributed by atoms with Gasteiger partial charge >= 0.3 is 5.97 Å². The Hall–Kier alpha value is -0.620. The van der Waals surface area contributed by atoms with E-state index in [4.69, 9.17) is 10.8 Å². The molecular formula is C8H17NO4S. The SMILES string of the molecule is CCC(CN)(CCS(C)(=O)=O)C(=O)O. The van der Waals surface area contributed by atoms with Crippen molar-refractivity contribution in [3.63, 3.8) is 0 Å². The van der Waals surface area contributed by atoms with E-state index in [1.54, 1.807) is 6.92 Å². The number of carboxylic acids is 1. The van der Waals surface area contributed by atoms with Crippen molar-refractivity contribution in [2.24, 2.45) is 11.1 Å². The minimum Gasteiger partial charge on any atom is -0.481 e. The lowest BCUT2D eigenvalue weighted by atomic mass is 9.83. The summed E-state index contributed by atoms with van der Waals surface area (Å²) in [5.41, 5.74) is 4.28. The molecule has 0 aliphatic rings. The van der Waals surface area contributed by atoms with E-state index in [1.807, 2.05) is 0 Å². The molecule has 1 atom stereocenters. The zero-order valence-corrected chi connectivity index (χ0v) is 9.30. The predicted molar refractivity (Wildman–Crippen MR) is 53.7 cm³/mol. The molecule has 0 aromatic heterocycles. The van der Waals surface area contributed by atoms with Crippen molar-refractivity contribution < 1.29 is 18.3 Å². The van der Waals surface area contributed by atoms with E-state index < -0.39 is 21.2 Å². The Morgan fingerprint density at radius 3 is 2.21 bits per heavy atom. The third kappa shape index (κ3) is 3.63. The number of carboxylic acid groups (broad SMARTS) is 1.